The van der Waals surface area contributed by atoms with Gasteiger partial charge >= 0.3 is 11.9 Å². The number of esters is 2. The molecule has 0 bridgehead atoms. The Balaban J connectivity index is 2.25. The van der Waals surface area contributed by atoms with Crippen molar-refractivity contribution in [3.05, 3.63) is 30.6 Å². The van der Waals surface area contributed by atoms with Gasteiger partial charge in [-0.1, -0.05) is 19.9 Å². The molecular weight excluding hydrogens is 334 g/mol. The van der Waals surface area contributed by atoms with Crippen LogP contribution in [0.5, 0.6) is 0 Å². The molecule has 1 aliphatic heterocycles. The standard InChI is InChI=1S/C20H28NO5/c1-5-25-17(23)20(10-9-15(2)3)14-19(4,26-18(20)24)16(22)13-21-11-7-6-8-12-21/h6-8,11-12,15H,5,9-10,13-14H2,1-4H3/q+1/t19-,20+/m1/s1. The Bertz CT molecular complexity index is 672. The van der Waals surface area contributed by atoms with Gasteiger partial charge in [0.05, 0.1) is 6.61 Å². The van der Waals surface area contributed by atoms with Gasteiger partial charge in [-0.15, -0.1) is 0 Å². The number of ether oxygens (including phenoxy) is 2. The molecule has 0 saturated carbocycles. The van der Waals surface area contributed by atoms with Crippen LogP contribution < -0.4 is 4.57 Å². The van der Waals surface area contributed by atoms with E-state index in [4.69, 9.17) is 9.47 Å². The number of nitrogens with zero attached hydrogens (tertiary/aromatic N) is 1. The van der Waals surface area contributed by atoms with Crippen molar-refractivity contribution in [2.75, 3.05) is 6.61 Å². The van der Waals surface area contributed by atoms with E-state index in [9.17, 15) is 14.4 Å². The van der Waals surface area contributed by atoms with E-state index in [1.54, 1.807) is 30.8 Å². The van der Waals surface area contributed by atoms with Gasteiger partial charge in [-0.05, 0) is 32.6 Å². The summed E-state index contributed by atoms with van der Waals surface area (Å²) in [4.78, 5) is 38.2. The van der Waals surface area contributed by atoms with Gasteiger partial charge in [-0.2, -0.15) is 4.57 Å². The zero-order chi connectivity index (χ0) is 19.4. The monoisotopic (exact) mass is 362 g/mol. The van der Waals surface area contributed by atoms with Crippen molar-refractivity contribution < 1.29 is 28.4 Å². The van der Waals surface area contributed by atoms with Crippen LogP contribution in [-0.2, 0) is 30.4 Å². The van der Waals surface area contributed by atoms with Gasteiger partial charge in [0.25, 0.3) is 0 Å². The van der Waals surface area contributed by atoms with E-state index in [0.717, 1.165) is 0 Å². The van der Waals surface area contributed by atoms with Gasteiger partial charge < -0.3 is 9.47 Å². The van der Waals surface area contributed by atoms with Crippen molar-refractivity contribution >= 4 is 17.7 Å². The second-order valence-electron chi connectivity index (χ2n) is 7.50. The topological polar surface area (TPSA) is 73.6 Å². The Morgan fingerprint density at radius 3 is 2.50 bits per heavy atom. The minimum Gasteiger partial charge on any atom is -0.465 e. The number of carbonyl (C=O) groups is 3. The molecule has 0 radical (unpaired) electrons. The summed E-state index contributed by atoms with van der Waals surface area (Å²) in [6, 6.07) is 5.50. The number of aromatic nitrogens is 1. The van der Waals surface area contributed by atoms with E-state index < -0.39 is 23.0 Å². The Kier molecular flexibility index (Phi) is 6.16. The molecule has 142 valence electrons. The zero-order valence-corrected chi connectivity index (χ0v) is 16.0. The molecule has 1 aromatic rings. The molecule has 26 heavy (non-hydrogen) atoms. The number of hydrogen-bond donors (Lipinski definition) is 0. The van der Waals surface area contributed by atoms with Crippen LogP contribution in [0.3, 0.4) is 0 Å². The minimum atomic E-state index is -1.40. The first kappa shape index (κ1) is 20.1. The third-order valence-corrected chi connectivity index (χ3v) is 4.86. The normalized spacial score (nSPS) is 25.2. The van der Waals surface area contributed by atoms with E-state index in [0.29, 0.717) is 18.8 Å². The summed E-state index contributed by atoms with van der Waals surface area (Å²) in [7, 11) is 0. The smallest absolute Gasteiger partial charge is 0.324 e. The lowest BCUT2D eigenvalue weighted by Crippen LogP contribution is -2.47. The van der Waals surface area contributed by atoms with Gasteiger partial charge in [0.2, 0.25) is 12.3 Å². The van der Waals surface area contributed by atoms with E-state index in [1.165, 1.54) is 0 Å². The van der Waals surface area contributed by atoms with E-state index in [1.807, 2.05) is 32.0 Å². The molecule has 1 aliphatic rings. The molecule has 0 aliphatic carbocycles. The number of pyridine rings is 1. The summed E-state index contributed by atoms with van der Waals surface area (Å²) in [5, 5.41) is 0. The third-order valence-electron chi connectivity index (χ3n) is 4.86. The first-order valence-corrected chi connectivity index (χ1v) is 9.11. The van der Waals surface area contributed by atoms with Crippen molar-refractivity contribution in [2.24, 2.45) is 11.3 Å². The van der Waals surface area contributed by atoms with Gasteiger partial charge in [-0.3, -0.25) is 14.4 Å². The molecule has 6 nitrogen and oxygen atoms in total. The lowest BCUT2D eigenvalue weighted by molar-refractivity contribution is -0.684. The molecule has 2 heterocycles. The SMILES string of the molecule is CCOC(=O)[C@]1(CCC(C)C)C[C@](C)(C(=O)C[n+]2ccccc2)OC1=O. The molecule has 6 heteroatoms. The number of Topliss-reactive ketones (excluding diaryl/α,β-unsaturated/α-hetero) is 1. The van der Waals surface area contributed by atoms with Gasteiger partial charge in [0, 0.05) is 18.6 Å². The van der Waals surface area contributed by atoms with E-state index in [2.05, 4.69) is 0 Å². The largest absolute Gasteiger partial charge is 0.465 e. The van der Waals surface area contributed by atoms with Crippen molar-refractivity contribution in [2.45, 2.75) is 59.1 Å². The fourth-order valence-electron chi connectivity index (χ4n) is 3.27. The summed E-state index contributed by atoms with van der Waals surface area (Å²) in [6.07, 6.45) is 4.57. The molecule has 0 aromatic carbocycles. The highest BCUT2D eigenvalue weighted by Gasteiger charge is 2.62. The molecule has 1 aromatic heterocycles. The molecule has 1 fully saturated rings. The Morgan fingerprint density at radius 1 is 1.27 bits per heavy atom. The molecule has 2 atom stereocenters. The van der Waals surface area contributed by atoms with Gasteiger partial charge in [-0.25, -0.2) is 0 Å². The molecule has 0 N–H and O–H groups in total. The molecule has 2 rings (SSSR count). The number of cyclic esters (lactones) is 1. The fraction of sp³-hybridized carbons (Fsp3) is 0.600. The maximum Gasteiger partial charge on any atom is 0.324 e. The Hall–Kier alpha value is -2.24. The van der Waals surface area contributed by atoms with Crippen LogP contribution in [-0.4, -0.2) is 29.9 Å². The lowest BCUT2D eigenvalue weighted by atomic mass is 9.75. The average Bonchev–Trinajstić information content (AvgIpc) is 2.87. The fourth-order valence-corrected chi connectivity index (χ4v) is 3.27. The predicted octanol–water partition coefficient (Wildman–Crippen LogP) is 2.23. The zero-order valence-electron chi connectivity index (χ0n) is 16.0. The lowest BCUT2D eigenvalue weighted by Gasteiger charge is -2.24. The Morgan fingerprint density at radius 2 is 1.92 bits per heavy atom. The summed E-state index contributed by atoms with van der Waals surface area (Å²) in [6.45, 7) is 7.59. The average molecular weight is 362 g/mol. The van der Waals surface area contributed by atoms with Crippen LogP contribution in [0.4, 0.5) is 0 Å². The summed E-state index contributed by atoms with van der Waals surface area (Å²) < 4.78 is 12.4. The number of hydrogen-bond acceptors (Lipinski definition) is 5. The predicted molar refractivity (Wildman–Crippen MR) is 93.9 cm³/mol. The summed E-state index contributed by atoms with van der Waals surface area (Å²) in [5.41, 5.74) is -2.73. The maximum atomic E-state index is 12.8. The van der Waals surface area contributed by atoms with Crippen LogP contribution in [0, 0.1) is 11.3 Å². The van der Waals surface area contributed by atoms with Crippen LogP contribution >= 0.6 is 0 Å². The number of rotatable bonds is 8. The van der Waals surface area contributed by atoms with Crippen molar-refractivity contribution in [3.8, 4) is 0 Å². The highest BCUT2D eigenvalue weighted by atomic mass is 16.6. The highest BCUT2D eigenvalue weighted by Crippen LogP contribution is 2.46. The van der Waals surface area contributed by atoms with Crippen molar-refractivity contribution in [1.29, 1.82) is 0 Å². The second-order valence-corrected chi connectivity index (χ2v) is 7.50. The Labute approximate surface area is 154 Å². The molecular formula is C20H28NO5+. The molecule has 0 spiro atoms. The van der Waals surface area contributed by atoms with Crippen molar-refractivity contribution in [3.63, 3.8) is 0 Å². The molecule has 0 amide bonds. The maximum absolute atomic E-state index is 12.8. The van der Waals surface area contributed by atoms with Gasteiger partial charge in [0.1, 0.15) is 0 Å². The van der Waals surface area contributed by atoms with Gasteiger partial charge in [0.15, 0.2) is 23.4 Å². The van der Waals surface area contributed by atoms with Crippen LogP contribution in [0.15, 0.2) is 30.6 Å². The van der Waals surface area contributed by atoms with Crippen molar-refractivity contribution in [1.82, 2.24) is 0 Å². The van der Waals surface area contributed by atoms with E-state index in [-0.39, 0.29) is 25.4 Å². The van der Waals surface area contributed by atoms with Crippen LogP contribution in [0.25, 0.3) is 0 Å². The first-order chi connectivity index (χ1) is 12.2. The first-order valence-electron chi connectivity index (χ1n) is 9.11. The number of carbonyl (C=O) groups excluding carboxylic acids is 3. The second kappa shape index (κ2) is 7.98. The quantitative estimate of drug-likeness (QED) is 0.403. The summed E-state index contributed by atoms with van der Waals surface area (Å²) in [5.74, 6) is -1.16. The number of ketones is 1. The minimum absolute atomic E-state index is 0.0244. The molecule has 0 unspecified atom stereocenters. The van der Waals surface area contributed by atoms with E-state index >= 15 is 0 Å². The molecule has 1 saturated heterocycles. The highest BCUT2D eigenvalue weighted by molar-refractivity contribution is 6.05. The third kappa shape index (κ3) is 4.11. The van der Waals surface area contributed by atoms with Crippen LogP contribution in [0.2, 0.25) is 0 Å². The summed E-state index contributed by atoms with van der Waals surface area (Å²) >= 11 is 0. The van der Waals surface area contributed by atoms with Crippen LogP contribution in [0.1, 0.15) is 47.0 Å².